The molecular formula is C16H18ClN2O2Si. The normalized spacial score (nSPS) is 11.5. The lowest BCUT2D eigenvalue weighted by Crippen LogP contribution is -2.38. The van der Waals surface area contributed by atoms with Gasteiger partial charge in [0.05, 0.1) is 11.4 Å². The van der Waals surface area contributed by atoms with Crippen LogP contribution in [0, 0.1) is 0 Å². The third-order valence-corrected chi connectivity index (χ3v) is 5.28. The number of azo groups is 1. The third-order valence-electron chi connectivity index (χ3n) is 2.78. The molecule has 0 amide bonds. The van der Waals surface area contributed by atoms with E-state index in [0.29, 0.717) is 23.9 Å². The molecule has 2 aromatic carbocycles. The van der Waals surface area contributed by atoms with E-state index >= 15 is 0 Å². The molecule has 0 unspecified atom stereocenters. The van der Waals surface area contributed by atoms with Gasteiger partial charge in [0.15, 0.2) is 0 Å². The summed E-state index contributed by atoms with van der Waals surface area (Å²) in [5.41, 5.74) is 1.47. The first kappa shape index (κ1) is 16.8. The zero-order chi connectivity index (χ0) is 15.8. The van der Waals surface area contributed by atoms with Gasteiger partial charge in [0.1, 0.15) is 0 Å². The first-order chi connectivity index (χ1) is 10.8. The maximum absolute atomic E-state index is 6.34. The fraction of sp³-hybridized carbons (Fsp3) is 0.250. The Hall–Kier alpha value is -1.53. The standard InChI is InChI=1S/C16H18ClN2O2Si/c1-3-20-22(21-4-2)16-14(17)11-8-12-15(16)19-18-13-9-6-5-7-10-13/h5-12H,3-4H2,1-2H3. The molecule has 1 radical (unpaired) electrons. The Morgan fingerprint density at radius 3 is 2.23 bits per heavy atom. The third kappa shape index (κ3) is 4.48. The van der Waals surface area contributed by atoms with E-state index in [0.717, 1.165) is 10.9 Å². The molecule has 0 atom stereocenters. The summed E-state index contributed by atoms with van der Waals surface area (Å²) in [6.45, 7) is 5.00. The molecule has 0 aliphatic heterocycles. The van der Waals surface area contributed by atoms with Crippen molar-refractivity contribution in [1.82, 2.24) is 0 Å². The monoisotopic (exact) mass is 333 g/mol. The van der Waals surface area contributed by atoms with E-state index in [1.54, 1.807) is 0 Å². The Morgan fingerprint density at radius 1 is 0.909 bits per heavy atom. The van der Waals surface area contributed by atoms with Crippen LogP contribution in [0.5, 0.6) is 0 Å². The zero-order valence-electron chi connectivity index (χ0n) is 12.6. The summed E-state index contributed by atoms with van der Waals surface area (Å²) in [4.78, 5) is 0. The summed E-state index contributed by atoms with van der Waals surface area (Å²) in [5.74, 6) is 0. The van der Waals surface area contributed by atoms with E-state index < -0.39 is 9.28 Å². The molecule has 115 valence electrons. The van der Waals surface area contributed by atoms with Gasteiger partial charge < -0.3 is 8.85 Å². The van der Waals surface area contributed by atoms with Crippen LogP contribution >= 0.6 is 11.6 Å². The van der Waals surface area contributed by atoms with Gasteiger partial charge in [-0.25, -0.2) is 0 Å². The van der Waals surface area contributed by atoms with Crippen molar-refractivity contribution in [3.05, 3.63) is 53.6 Å². The Morgan fingerprint density at radius 2 is 1.59 bits per heavy atom. The number of benzene rings is 2. The average molecular weight is 334 g/mol. The minimum Gasteiger partial charge on any atom is -0.390 e. The second kappa shape index (κ2) is 8.80. The van der Waals surface area contributed by atoms with Crippen molar-refractivity contribution < 1.29 is 8.85 Å². The van der Waals surface area contributed by atoms with Crippen LogP contribution in [-0.2, 0) is 8.85 Å². The fourth-order valence-corrected chi connectivity index (χ4v) is 3.77. The highest BCUT2D eigenvalue weighted by atomic mass is 35.5. The van der Waals surface area contributed by atoms with E-state index in [2.05, 4.69) is 10.2 Å². The molecule has 0 saturated heterocycles. The van der Waals surface area contributed by atoms with E-state index in [9.17, 15) is 0 Å². The highest BCUT2D eigenvalue weighted by Crippen LogP contribution is 2.21. The van der Waals surface area contributed by atoms with E-state index in [1.165, 1.54) is 0 Å². The Kier molecular flexibility index (Phi) is 6.73. The SMILES string of the molecule is CCO[Si](OCC)c1c(Cl)cccc1N=Nc1ccccc1. The van der Waals surface area contributed by atoms with Gasteiger partial charge in [-0.2, -0.15) is 10.2 Å². The maximum Gasteiger partial charge on any atom is 0.427 e. The van der Waals surface area contributed by atoms with Gasteiger partial charge in [0.25, 0.3) is 0 Å². The first-order valence-corrected chi connectivity index (χ1v) is 8.84. The summed E-state index contributed by atoms with van der Waals surface area (Å²) in [6.07, 6.45) is 0. The molecule has 0 aliphatic rings. The van der Waals surface area contributed by atoms with E-state index in [4.69, 9.17) is 20.5 Å². The van der Waals surface area contributed by atoms with Crippen LogP contribution in [0.25, 0.3) is 0 Å². The molecule has 0 heterocycles. The summed E-state index contributed by atoms with van der Waals surface area (Å²) in [6, 6.07) is 15.1. The van der Waals surface area contributed by atoms with E-state index in [-0.39, 0.29) is 0 Å². The molecule has 0 fully saturated rings. The minimum atomic E-state index is -1.67. The van der Waals surface area contributed by atoms with Gasteiger partial charge in [-0.15, -0.1) is 0 Å². The van der Waals surface area contributed by atoms with Gasteiger partial charge in [-0.05, 0) is 38.1 Å². The van der Waals surface area contributed by atoms with Crippen molar-refractivity contribution in [1.29, 1.82) is 0 Å². The molecule has 6 heteroatoms. The fourth-order valence-electron chi connectivity index (χ4n) is 1.85. The molecule has 0 aliphatic carbocycles. The molecule has 22 heavy (non-hydrogen) atoms. The number of halogens is 1. The van der Waals surface area contributed by atoms with Crippen molar-refractivity contribution >= 4 is 37.4 Å². The van der Waals surface area contributed by atoms with Crippen LogP contribution in [0.2, 0.25) is 5.02 Å². The highest BCUT2D eigenvalue weighted by molar-refractivity contribution is 6.66. The quantitative estimate of drug-likeness (QED) is 0.552. The van der Waals surface area contributed by atoms with Gasteiger partial charge in [0, 0.05) is 23.4 Å². The van der Waals surface area contributed by atoms with Gasteiger partial charge in [0.2, 0.25) is 0 Å². The van der Waals surface area contributed by atoms with Crippen molar-refractivity contribution in [2.45, 2.75) is 13.8 Å². The molecule has 4 nitrogen and oxygen atoms in total. The molecule has 2 rings (SSSR count). The summed E-state index contributed by atoms with van der Waals surface area (Å²) in [5, 5.41) is 9.98. The average Bonchev–Trinajstić information content (AvgIpc) is 2.54. The van der Waals surface area contributed by atoms with Crippen LogP contribution in [0.1, 0.15) is 13.8 Å². The number of hydrogen-bond donors (Lipinski definition) is 0. The first-order valence-electron chi connectivity index (χ1n) is 7.14. The largest absolute Gasteiger partial charge is 0.427 e. The second-order valence-electron chi connectivity index (χ2n) is 4.32. The molecule has 0 spiro atoms. The summed E-state index contributed by atoms with van der Waals surface area (Å²) in [7, 11) is -1.67. The van der Waals surface area contributed by atoms with Crippen LogP contribution in [0.15, 0.2) is 58.8 Å². The molecule has 0 saturated carbocycles. The summed E-state index contributed by atoms with van der Waals surface area (Å²) < 4.78 is 11.5. The smallest absolute Gasteiger partial charge is 0.390 e. The van der Waals surface area contributed by atoms with Crippen molar-refractivity contribution in [3.8, 4) is 0 Å². The van der Waals surface area contributed by atoms with Crippen LogP contribution < -0.4 is 5.19 Å². The lowest BCUT2D eigenvalue weighted by atomic mass is 10.3. The molecular weight excluding hydrogens is 316 g/mol. The van der Waals surface area contributed by atoms with Gasteiger partial charge in [-0.1, -0.05) is 35.9 Å². The Labute approximate surface area is 137 Å². The molecule has 0 aromatic heterocycles. The Bertz CT molecular complexity index is 617. The van der Waals surface area contributed by atoms with Crippen LogP contribution in [-0.4, -0.2) is 22.5 Å². The maximum atomic E-state index is 6.34. The molecule has 0 N–H and O–H groups in total. The van der Waals surface area contributed by atoms with E-state index in [1.807, 2.05) is 62.4 Å². The van der Waals surface area contributed by atoms with Gasteiger partial charge in [-0.3, -0.25) is 0 Å². The molecule has 0 bridgehead atoms. The topological polar surface area (TPSA) is 43.2 Å². The van der Waals surface area contributed by atoms with Crippen molar-refractivity contribution in [2.24, 2.45) is 10.2 Å². The summed E-state index contributed by atoms with van der Waals surface area (Å²) >= 11 is 6.34. The van der Waals surface area contributed by atoms with Crippen LogP contribution in [0.4, 0.5) is 11.4 Å². The van der Waals surface area contributed by atoms with Gasteiger partial charge >= 0.3 is 9.28 Å². The Balaban J connectivity index is 2.35. The molecule has 2 aromatic rings. The van der Waals surface area contributed by atoms with Crippen molar-refractivity contribution in [3.63, 3.8) is 0 Å². The zero-order valence-corrected chi connectivity index (χ0v) is 14.4. The van der Waals surface area contributed by atoms with Crippen LogP contribution in [0.3, 0.4) is 0 Å². The lowest BCUT2D eigenvalue weighted by Gasteiger charge is -2.16. The number of hydrogen-bond acceptors (Lipinski definition) is 4. The lowest BCUT2D eigenvalue weighted by molar-refractivity contribution is 0.225. The second-order valence-corrected chi connectivity index (χ2v) is 6.38. The number of nitrogens with zero attached hydrogens (tertiary/aromatic N) is 2. The van der Waals surface area contributed by atoms with Crippen molar-refractivity contribution in [2.75, 3.05) is 13.2 Å². The predicted octanol–water partition coefficient (Wildman–Crippen LogP) is 4.52. The predicted molar refractivity (Wildman–Crippen MR) is 90.7 cm³/mol. The highest BCUT2D eigenvalue weighted by Gasteiger charge is 2.25. The minimum absolute atomic E-state index is 0.564. The number of rotatable bonds is 7.